The quantitative estimate of drug-likeness (QED) is 0.680. The minimum atomic E-state index is -0.0243. The second-order valence-electron chi connectivity index (χ2n) is 5.31. The van der Waals surface area contributed by atoms with Crippen LogP contribution in [0.15, 0.2) is 0 Å². The first-order valence-corrected chi connectivity index (χ1v) is 6.36. The van der Waals surface area contributed by atoms with Gasteiger partial charge in [-0.2, -0.15) is 0 Å². The number of imide groups is 1. The second-order valence-corrected chi connectivity index (χ2v) is 5.31. The van der Waals surface area contributed by atoms with Gasteiger partial charge in [0.15, 0.2) is 0 Å². The summed E-state index contributed by atoms with van der Waals surface area (Å²) in [6.45, 7) is 1.12. The summed E-state index contributed by atoms with van der Waals surface area (Å²) in [5.74, 6) is 0.692. The molecule has 4 heteroatoms. The predicted molar refractivity (Wildman–Crippen MR) is 58.8 cm³/mol. The Kier molecular flexibility index (Phi) is 2.37. The van der Waals surface area contributed by atoms with Gasteiger partial charge < -0.3 is 4.90 Å². The highest BCUT2D eigenvalue weighted by Crippen LogP contribution is 2.32. The van der Waals surface area contributed by atoms with E-state index in [1.807, 2.05) is 0 Å². The maximum Gasteiger partial charge on any atom is 0.327 e. The zero-order valence-corrected chi connectivity index (χ0v) is 9.52. The number of carbonyl (C=O) groups excluding carboxylic acids is 2. The molecule has 0 aromatic rings. The largest absolute Gasteiger partial charge is 0.327 e. The first kappa shape index (κ1) is 10.1. The molecule has 1 heterocycles. The topological polar surface area (TPSA) is 40.6 Å². The monoisotopic (exact) mass is 222 g/mol. The molecule has 3 amide bonds. The van der Waals surface area contributed by atoms with Gasteiger partial charge in [0.1, 0.15) is 6.54 Å². The van der Waals surface area contributed by atoms with E-state index in [9.17, 15) is 9.59 Å². The van der Waals surface area contributed by atoms with E-state index < -0.39 is 0 Å². The molecule has 3 rings (SSSR count). The number of hydrogen-bond donors (Lipinski definition) is 0. The van der Waals surface area contributed by atoms with Crippen LogP contribution in [0.4, 0.5) is 4.79 Å². The molecular weight excluding hydrogens is 204 g/mol. The fraction of sp³-hybridized carbons (Fsp3) is 0.833. The fourth-order valence-electron chi connectivity index (χ4n) is 2.84. The van der Waals surface area contributed by atoms with Gasteiger partial charge in [-0.1, -0.05) is 12.8 Å². The predicted octanol–water partition coefficient (Wildman–Crippen LogP) is 1.60. The SMILES string of the molecule is O=C1CN(CC2CC2)C(=O)N1C1CCCC1. The number of nitrogens with zero attached hydrogens (tertiary/aromatic N) is 2. The summed E-state index contributed by atoms with van der Waals surface area (Å²) in [4.78, 5) is 27.2. The molecule has 0 aromatic carbocycles. The van der Waals surface area contributed by atoms with Gasteiger partial charge in [0.05, 0.1) is 0 Å². The summed E-state index contributed by atoms with van der Waals surface area (Å²) >= 11 is 0. The average Bonchev–Trinajstić information content (AvgIpc) is 2.81. The van der Waals surface area contributed by atoms with Crippen molar-refractivity contribution < 1.29 is 9.59 Å². The zero-order valence-electron chi connectivity index (χ0n) is 9.52. The summed E-state index contributed by atoms with van der Waals surface area (Å²) in [5, 5.41) is 0. The van der Waals surface area contributed by atoms with Crippen LogP contribution in [0.2, 0.25) is 0 Å². The number of hydrogen-bond acceptors (Lipinski definition) is 2. The summed E-state index contributed by atoms with van der Waals surface area (Å²) in [5.41, 5.74) is 0. The average molecular weight is 222 g/mol. The molecule has 16 heavy (non-hydrogen) atoms. The fourth-order valence-corrected chi connectivity index (χ4v) is 2.84. The minimum absolute atomic E-state index is 0.0243. The van der Waals surface area contributed by atoms with Crippen LogP contribution in [0.3, 0.4) is 0 Å². The molecule has 0 radical (unpaired) electrons. The Bertz CT molecular complexity index is 319. The van der Waals surface area contributed by atoms with Gasteiger partial charge in [0.25, 0.3) is 5.91 Å². The summed E-state index contributed by atoms with van der Waals surface area (Å²) < 4.78 is 0. The van der Waals surface area contributed by atoms with Crippen LogP contribution >= 0.6 is 0 Å². The molecule has 88 valence electrons. The molecular formula is C12H18N2O2. The summed E-state index contributed by atoms with van der Waals surface area (Å²) in [7, 11) is 0. The van der Waals surface area contributed by atoms with Gasteiger partial charge >= 0.3 is 6.03 Å². The van der Waals surface area contributed by atoms with E-state index in [2.05, 4.69) is 0 Å². The molecule has 0 N–H and O–H groups in total. The Morgan fingerprint density at radius 3 is 2.38 bits per heavy atom. The van der Waals surface area contributed by atoms with Crippen molar-refractivity contribution >= 4 is 11.9 Å². The van der Waals surface area contributed by atoms with E-state index in [4.69, 9.17) is 0 Å². The van der Waals surface area contributed by atoms with E-state index >= 15 is 0 Å². The Labute approximate surface area is 95.6 Å². The van der Waals surface area contributed by atoms with Gasteiger partial charge in [-0.25, -0.2) is 4.79 Å². The molecule has 0 spiro atoms. The molecule has 0 unspecified atom stereocenters. The Morgan fingerprint density at radius 1 is 1.06 bits per heavy atom. The Hall–Kier alpha value is -1.06. The lowest BCUT2D eigenvalue weighted by atomic mass is 10.2. The molecule has 2 aliphatic carbocycles. The highest BCUT2D eigenvalue weighted by Gasteiger charge is 2.42. The van der Waals surface area contributed by atoms with Crippen LogP contribution in [0.5, 0.6) is 0 Å². The van der Waals surface area contributed by atoms with Crippen LogP contribution in [0.1, 0.15) is 38.5 Å². The second kappa shape index (κ2) is 3.75. The van der Waals surface area contributed by atoms with Crippen LogP contribution in [-0.4, -0.2) is 40.9 Å². The maximum absolute atomic E-state index is 12.1. The van der Waals surface area contributed by atoms with E-state index in [0.29, 0.717) is 12.5 Å². The van der Waals surface area contributed by atoms with Crippen molar-refractivity contribution in [2.75, 3.05) is 13.1 Å². The third-order valence-electron chi connectivity index (χ3n) is 3.94. The lowest BCUT2D eigenvalue weighted by Gasteiger charge is -2.22. The lowest BCUT2D eigenvalue weighted by Crippen LogP contribution is -2.40. The molecule has 4 nitrogen and oxygen atoms in total. The van der Waals surface area contributed by atoms with Crippen molar-refractivity contribution in [1.29, 1.82) is 0 Å². The van der Waals surface area contributed by atoms with Gasteiger partial charge in [-0.15, -0.1) is 0 Å². The normalized spacial score (nSPS) is 27.2. The Balaban J connectivity index is 1.68. The van der Waals surface area contributed by atoms with Gasteiger partial charge in [-0.3, -0.25) is 9.69 Å². The minimum Gasteiger partial charge on any atom is -0.315 e. The van der Waals surface area contributed by atoms with Crippen molar-refractivity contribution in [3.05, 3.63) is 0 Å². The van der Waals surface area contributed by atoms with Gasteiger partial charge in [0, 0.05) is 12.6 Å². The van der Waals surface area contributed by atoms with Gasteiger partial charge in [0.2, 0.25) is 0 Å². The third kappa shape index (κ3) is 1.70. The van der Waals surface area contributed by atoms with Crippen molar-refractivity contribution in [3.63, 3.8) is 0 Å². The number of rotatable bonds is 3. The summed E-state index contributed by atoms with van der Waals surface area (Å²) in [6.07, 6.45) is 6.78. The van der Waals surface area contributed by atoms with Crippen LogP contribution < -0.4 is 0 Å². The van der Waals surface area contributed by atoms with E-state index in [0.717, 1.165) is 32.2 Å². The highest BCUT2D eigenvalue weighted by molar-refractivity contribution is 6.02. The third-order valence-corrected chi connectivity index (χ3v) is 3.94. The number of carbonyl (C=O) groups is 2. The van der Waals surface area contributed by atoms with E-state index in [1.165, 1.54) is 17.7 Å². The van der Waals surface area contributed by atoms with Crippen molar-refractivity contribution in [1.82, 2.24) is 9.80 Å². The molecule has 0 bridgehead atoms. The van der Waals surface area contributed by atoms with Crippen molar-refractivity contribution in [2.24, 2.45) is 5.92 Å². The van der Waals surface area contributed by atoms with E-state index in [1.54, 1.807) is 4.90 Å². The highest BCUT2D eigenvalue weighted by atomic mass is 16.2. The smallest absolute Gasteiger partial charge is 0.315 e. The lowest BCUT2D eigenvalue weighted by molar-refractivity contribution is -0.126. The molecule has 3 aliphatic rings. The maximum atomic E-state index is 12.1. The van der Waals surface area contributed by atoms with Crippen molar-refractivity contribution in [3.8, 4) is 0 Å². The standard InChI is InChI=1S/C12H18N2O2/c15-11-8-13(7-9-5-6-9)12(16)14(11)10-3-1-2-4-10/h9-10H,1-8H2. The van der Waals surface area contributed by atoms with E-state index in [-0.39, 0.29) is 18.0 Å². The molecule has 1 saturated heterocycles. The summed E-state index contributed by atoms with van der Waals surface area (Å²) in [6, 6.07) is 0.174. The van der Waals surface area contributed by atoms with Crippen LogP contribution in [0.25, 0.3) is 0 Å². The molecule has 1 aliphatic heterocycles. The zero-order chi connectivity index (χ0) is 11.1. The molecule has 3 fully saturated rings. The Morgan fingerprint density at radius 2 is 1.75 bits per heavy atom. The first-order valence-electron chi connectivity index (χ1n) is 6.36. The number of amides is 3. The van der Waals surface area contributed by atoms with Crippen LogP contribution in [-0.2, 0) is 4.79 Å². The van der Waals surface area contributed by atoms with Crippen LogP contribution in [0, 0.1) is 5.92 Å². The first-order chi connectivity index (χ1) is 7.75. The molecule has 0 atom stereocenters. The molecule has 2 saturated carbocycles. The molecule has 0 aromatic heterocycles. The number of urea groups is 1. The van der Waals surface area contributed by atoms with Crippen molar-refractivity contribution in [2.45, 2.75) is 44.6 Å². The van der Waals surface area contributed by atoms with Gasteiger partial charge in [-0.05, 0) is 31.6 Å².